The van der Waals surface area contributed by atoms with E-state index in [4.69, 9.17) is 23.4 Å². The zero-order chi connectivity index (χ0) is 27.5. The third-order valence-electron chi connectivity index (χ3n) is 7.65. The number of fused-ring (bicyclic) bond motifs is 1. The third-order valence-corrected chi connectivity index (χ3v) is 23.5. The molecule has 0 radical (unpaired) electrons. The Kier molecular flexibility index (Phi) is 13.1. The Labute approximate surface area is 236 Å². The third kappa shape index (κ3) is 8.54. The first-order chi connectivity index (χ1) is 18.3. The van der Waals surface area contributed by atoms with Crippen LogP contribution in [0.2, 0.25) is 13.3 Å². The fraction of sp³-hybridized carbons (Fsp3) is 0.750. The Morgan fingerprint density at radius 3 is 1.92 bits per heavy atom. The van der Waals surface area contributed by atoms with Gasteiger partial charge in [0.15, 0.2) is 0 Å². The fourth-order valence-corrected chi connectivity index (χ4v) is 23.2. The van der Waals surface area contributed by atoms with Gasteiger partial charge in [0.2, 0.25) is 0 Å². The SMILES string of the molecule is CCC[CH2][Sn]([CH2]CCC)([CH2]CCC)[c]1c(COC2CCCCO2)oc2cc(OC(C)C)c(OC(C)C)cc12. The van der Waals surface area contributed by atoms with E-state index < -0.39 is 18.4 Å². The summed E-state index contributed by atoms with van der Waals surface area (Å²) in [6.45, 7) is 16.5. The summed E-state index contributed by atoms with van der Waals surface area (Å²) in [6.07, 6.45) is 10.9. The van der Waals surface area contributed by atoms with Crippen molar-refractivity contribution in [1.82, 2.24) is 0 Å². The van der Waals surface area contributed by atoms with Crippen LogP contribution in [0.3, 0.4) is 0 Å². The first-order valence-corrected chi connectivity index (χ1v) is 23.0. The van der Waals surface area contributed by atoms with Gasteiger partial charge in [0.05, 0.1) is 0 Å². The summed E-state index contributed by atoms with van der Waals surface area (Å²) < 4.78 is 37.3. The Morgan fingerprint density at radius 1 is 0.842 bits per heavy atom. The van der Waals surface area contributed by atoms with Crippen LogP contribution in [0.15, 0.2) is 16.5 Å². The summed E-state index contributed by atoms with van der Waals surface area (Å²) in [5.41, 5.74) is 0.917. The number of benzene rings is 1. The Morgan fingerprint density at radius 2 is 1.42 bits per heavy atom. The van der Waals surface area contributed by atoms with Crippen molar-refractivity contribution < 1.29 is 23.4 Å². The average molecular weight is 637 g/mol. The molecule has 1 aromatic carbocycles. The number of unbranched alkanes of at least 4 members (excludes halogenated alkanes) is 3. The molecule has 1 atom stereocenters. The Balaban J connectivity index is 2.19. The van der Waals surface area contributed by atoms with E-state index in [1.165, 1.54) is 57.2 Å². The van der Waals surface area contributed by atoms with E-state index in [0.29, 0.717) is 6.61 Å². The van der Waals surface area contributed by atoms with Crippen molar-refractivity contribution in [1.29, 1.82) is 0 Å². The number of hydrogen-bond donors (Lipinski definition) is 0. The summed E-state index contributed by atoms with van der Waals surface area (Å²) in [5, 5.41) is 1.25. The maximum atomic E-state index is 6.75. The topological polar surface area (TPSA) is 50.1 Å². The number of hydrogen-bond acceptors (Lipinski definition) is 5. The molecule has 0 saturated carbocycles. The molecule has 1 fully saturated rings. The van der Waals surface area contributed by atoms with E-state index >= 15 is 0 Å². The summed E-state index contributed by atoms with van der Waals surface area (Å²) in [5.74, 6) is 2.64. The second kappa shape index (κ2) is 15.8. The predicted molar refractivity (Wildman–Crippen MR) is 161 cm³/mol. The van der Waals surface area contributed by atoms with E-state index in [1.54, 1.807) is 3.58 Å². The molecule has 3 rings (SSSR count). The predicted octanol–water partition coefficient (Wildman–Crippen LogP) is 9.11. The summed E-state index contributed by atoms with van der Waals surface area (Å²) in [6, 6.07) is 4.31. The van der Waals surface area contributed by atoms with E-state index in [0.717, 1.165) is 48.7 Å². The summed E-state index contributed by atoms with van der Waals surface area (Å²) in [7, 11) is 0. The van der Waals surface area contributed by atoms with Crippen LogP contribution in [0.1, 0.15) is 112 Å². The van der Waals surface area contributed by atoms with Crippen LogP contribution < -0.4 is 13.1 Å². The second-order valence-corrected chi connectivity index (χ2v) is 24.7. The van der Waals surface area contributed by atoms with Gasteiger partial charge in [-0.3, -0.25) is 0 Å². The van der Waals surface area contributed by atoms with Crippen LogP contribution in [0.5, 0.6) is 11.5 Å². The van der Waals surface area contributed by atoms with Crippen molar-refractivity contribution in [3.8, 4) is 11.5 Å². The molecular weight excluding hydrogens is 583 g/mol. The molecule has 2 aromatic rings. The van der Waals surface area contributed by atoms with Gasteiger partial charge in [-0.1, -0.05) is 0 Å². The van der Waals surface area contributed by atoms with E-state index in [-0.39, 0.29) is 18.5 Å². The molecule has 0 aliphatic carbocycles. The molecule has 1 aliphatic heterocycles. The molecule has 216 valence electrons. The first-order valence-electron chi connectivity index (χ1n) is 15.5. The van der Waals surface area contributed by atoms with Crippen LogP contribution in [0, 0.1) is 0 Å². The molecule has 5 nitrogen and oxygen atoms in total. The van der Waals surface area contributed by atoms with Crippen molar-refractivity contribution >= 4 is 32.9 Å². The monoisotopic (exact) mass is 638 g/mol. The first kappa shape index (κ1) is 31.6. The average Bonchev–Trinajstić information content (AvgIpc) is 3.25. The van der Waals surface area contributed by atoms with Gasteiger partial charge in [-0.2, -0.15) is 0 Å². The molecule has 0 bridgehead atoms. The molecule has 0 N–H and O–H groups in total. The van der Waals surface area contributed by atoms with E-state index in [2.05, 4.69) is 60.6 Å². The quantitative estimate of drug-likeness (QED) is 0.162. The second-order valence-electron chi connectivity index (χ2n) is 11.7. The van der Waals surface area contributed by atoms with Gasteiger partial charge >= 0.3 is 237 Å². The van der Waals surface area contributed by atoms with Gasteiger partial charge in [0, 0.05) is 0 Å². The number of furan rings is 1. The normalized spacial score (nSPS) is 16.6. The van der Waals surface area contributed by atoms with Gasteiger partial charge < -0.3 is 0 Å². The van der Waals surface area contributed by atoms with Crippen molar-refractivity contribution in [2.45, 2.75) is 145 Å². The minimum absolute atomic E-state index is 0.0552. The van der Waals surface area contributed by atoms with Gasteiger partial charge in [-0.25, -0.2) is 0 Å². The van der Waals surface area contributed by atoms with Gasteiger partial charge in [0.1, 0.15) is 0 Å². The molecule has 0 amide bonds. The van der Waals surface area contributed by atoms with E-state index in [1.807, 2.05) is 0 Å². The molecule has 1 unspecified atom stereocenters. The van der Waals surface area contributed by atoms with Crippen LogP contribution in [0.4, 0.5) is 0 Å². The van der Waals surface area contributed by atoms with Gasteiger partial charge in [0.25, 0.3) is 0 Å². The minimum atomic E-state index is -2.90. The number of ether oxygens (including phenoxy) is 4. The summed E-state index contributed by atoms with van der Waals surface area (Å²) in [4.78, 5) is 0. The fourth-order valence-electron chi connectivity index (χ4n) is 5.84. The van der Waals surface area contributed by atoms with Crippen molar-refractivity contribution in [2.75, 3.05) is 6.61 Å². The van der Waals surface area contributed by atoms with Crippen molar-refractivity contribution in [3.63, 3.8) is 0 Å². The number of rotatable bonds is 17. The van der Waals surface area contributed by atoms with Crippen LogP contribution >= 0.6 is 0 Å². The summed E-state index contributed by atoms with van der Waals surface area (Å²) >= 11 is -2.90. The molecule has 38 heavy (non-hydrogen) atoms. The Hall–Kier alpha value is -0.921. The van der Waals surface area contributed by atoms with Crippen LogP contribution in [-0.2, 0) is 16.1 Å². The maximum absolute atomic E-state index is 6.75. The van der Waals surface area contributed by atoms with E-state index in [9.17, 15) is 0 Å². The molecular formula is C32H54O5Sn. The van der Waals surface area contributed by atoms with Crippen molar-refractivity contribution in [3.05, 3.63) is 17.9 Å². The zero-order valence-electron chi connectivity index (χ0n) is 25.3. The molecule has 1 aliphatic rings. The molecule has 1 saturated heterocycles. The van der Waals surface area contributed by atoms with Crippen LogP contribution in [-0.4, -0.2) is 43.5 Å². The van der Waals surface area contributed by atoms with Gasteiger partial charge in [-0.15, -0.1) is 0 Å². The van der Waals surface area contributed by atoms with Crippen LogP contribution in [0.25, 0.3) is 11.0 Å². The van der Waals surface area contributed by atoms with Crippen molar-refractivity contribution in [2.24, 2.45) is 0 Å². The molecule has 6 heteroatoms. The van der Waals surface area contributed by atoms with Gasteiger partial charge in [-0.05, 0) is 0 Å². The standard InChI is InChI=1S/C20H27O5.3C4H9.Sn/c1-13(2)23-18-10-15-9-16(12-22-20-7-5-6-8-21-20)25-17(15)11-19(18)24-14(3)4;3*1-3-4-2;/h10-11,13-14,20H,5-8,12H2,1-4H3;3*1,3-4H2,2H3;. The molecule has 1 aromatic heterocycles. The Bertz CT molecular complexity index is 939. The molecule has 2 heterocycles. The molecule has 0 spiro atoms. The zero-order valence-corrected chi connectivity index (χ0v) is 28.2.